The van der Waals surface area contributed by atoms with Crippen molar-refractivity contribution >= 4 is 28.2 Å². The number of aromatic nitrogens is 4. The fourth-order valence-corrected chi connectivity index (χ4v) is 5.47. The zero-order valence-electron chi connectivity index (χ0n) is 21.1. The van der Waals surface area contributed by atoms with Crippen LogP contribution in [0.2, 0.25) is 0 Å². The highest BCUT2D eigenvalue weighted by Gasteiger charge is 2.27. The largest absolute Gasteiger partial charge is 0.371 e. The van der Waals surface area contributed by atoms with Crippen molar-refractivity contribution in [2.24, 2.45) is 0 Å². The van der Waals surface area contributed by atoms with Crippen molar-refractivity contribution < 1.29 is 0 Å². The van der Waals surface area contributed by atoms with E-state index in [-0.39, 0.29) is 0 Å². The Bertz CT molecular complexity index is 1330. The molecule has 0 unspecified atom stereocenters. The van der Waals surface area contributed by atoms with Crippen LogP contribution in [-0.2, 0) is 0 Å². The first kappa shape index (κ1) is 22.9. The van der Waals surface area contributed by atoms with Crippen LogP contribution < -0.4 is 10.2 Å². The number of nitrogens with zero attached hydrogens (tertiary/aromatic N) is 7. The van der Waals surface area contributed by atoms with Crippen molar-refractivity contribution in [3.8, 4) is 5.69 Å². The number of likely N-dealkylation sites (N-methyl/N-ethyl adjacent to an activating group) is 1. The van der Waals surface area contributed by atoms with Crippen molar-refractivity contribution in [3.63, 3.8) is 0 Å². The summed E-state index contributed by atoms with van der Waals surface area (Å²) in [5.74, 6) is 0.766. The first-order valence-electron chi connectivity index (χ1n) is 12.9. The van der Waals surface area contributed by atoms with Gasteiger partial charge in [-0.25, -0.2) is 14.6 Å². The maximum atomic E-state index is 4.70. The number of benzene rings is 2. The van der Waals surface area contributed by atoms with Gasteiger partial charge in [-0.05, 0) is 56.6 Å². The summed E-state index contributed by atoms with van der Waals surface area (Å²) in [6.45, 7) is 9.04. The van der Waals surface area contributed by atoms with Gasteiger partial charge in [0.05, 0.1) is 17.3 Å². The normalized spacial score (nSPS) is 18.1. The summed E-state index contributed by atoms with van der Waals surface area (Å²) in [6.07, 6.45) is 5.90. The van der Waals surface area contributed by atoms with E-state index in [2.05, 4.69) is 80.4 Å². The van der Waals surface area contributed by atoms with Gasteiger partial charge >= 0.3 is 0 Å². The summed E-state index contributed by atoms with van der Waals surface area (Å²) in [6, 6.07) is 17.6. The predicted molar refractivity (Wildman–Crippen MR) is 145 cm³/mol. The predicted octanol–water partition coefficient (Wildman–Crippen LogP) is 4.08. The fourth-order valence-electron chi connectivity index (χ4n) is 5.47. The lowest BCUT2D eigenvalue weighted by molar-refractivity contribution is 0.0982. The minimum absolute atomic E-state index is 0.712. The van der Waals surface area contributed by atoms with Gasteiger partial charge in [-0.3, -0.25) is 4.90 Å². The summed E-state index contributed by atoms with van der Waals surface area (Å²) in [7, 11) is 2.23. The molecule has 2 aromatic heterocycles. The van der Waals surface area contributed by atoms with E-state index in [9.17, 15) is 0 Å². The molecular formula is C28H34N8. The number of anilines is 3. The Hall–Kier alpha value is -3.49. The quantitative estimate of drug-likeness (QED) is 0.460. The average Bonchev–Trinajstić information content (AvgIpc) is 3.36. The van der Waals surface area contributed by atoms with Crippen LogP contribution in [0, 0.1) is 6.92 Å². The van der Waals surface area contributed by atoms with Gasteiger partial charge in [0.1, 0.15) is 12.1 Å². The topological polar surface area (TPSA) is 65.4 Å². The van der Waals surface area contributed by atoms with Crippen LogP contribution in [0.1, 0.15) is 18.4 Å². The number of nitrogens with one attached hydrogen (secondary N) is 1. The van der Waals surface area contributed by atoms with E-state index in [0.717, 1.165) is 41.3 Å². The highest BCUT2D eigenvalue weighted by Crippen LogP contribution is 2.28. The number of piperidine rings is 1. The number of piperazine rings is 1. The molecule has 36 heavy (non-hydrogen) atoms. The number of aryl methyl sites for hydroxylation is 1. The van der Waals surface area contributed by atoms with Gasteiger partial charge in [-0.15, -0.1) is 0 Å². The molecule has 4 aromatic rings. The van der Waals surface area contributed by atoms with Crippen molar-refractivity contribution in [1.29, 1.82) is 0 Å². The minimum atomic E-state index is 0.712. The Morgan fingerprint density at radius 2 is 1.64 bits per heavy atom. The van der Waals surface area contributed by atoms with Crippen molar-refractivity contribution in [1.82, 2.24) is 29.5 Å². The molecule has 0 radical (unpaired) electrons. The maximum Gasteiger partial charge on any atom is 0.168 e. The average molecular weight is 483 g/mol. The first-order valence-corrected chi connectivity index (χ1v) is 12.9. The van der Waals surface area contributed by atoms with E-state index in [4.69, 9.17) is 5.10 Å². The van der Waals surface area contributed by atoms with E-state index in [1.165, 1.54) is 50.3 Å². The van der Waals surface area contributed by atoms with E-state index >= 15 is 0 Å². The SMILES string of the molecule is Cc1ccccc1Nc1ncnc2c1cnn2-c1cccc(N2CCC(N3CCN(C)CC3)CC2)c1. The Labute approximate surface area is 212 Å². The second kappa shape index (κ2) is 9.87. The molecule has 186 valence electrons. The first-order chi connectivity index (χ1) is 17.7. The lowest BCUT2D eigenvalue weighted by Crippen LogP contribution is -2.52. The fraction of sp³-hybridized carbons (Fsp3) is 0.393. The summed E-state index contributed by atoms with van der Waals surface area (Å²) >= 11 is 0. The van der Waals surface area contributed by atoms with Crippen LogP contribution in [0.5, 0.6) is 0 Å². The van der Waals surface area contributed by atoms with Crippen LogP contribution in [0.15, 0.2) is 61.1 Å². The van der Waals surface area contributed by atoms with Gasteiger partial charge in [-0.2, -0.15) is 5.10 Å². The zero-order valence-corrected chi connectivity index (χ0v) is 21.1. The van der Waals surface area contributed by atoms with E-state index in [1.54, 1.807) is 6.33 Å². The summed E-state index contributed by atoms with van der Waals surface area (Å²) in [5.41, 5.74) is 5.27. The van der Waals surface area contributed by atoms with E-state index in [0.29, 0.717) is 6.04 Å². The molecule has 4 heterocycles. The summed E-state index contributed by atoms with van der Waals surface area (Å²) in [5, 5.41) is 9.06. The van der Waals surface area contributed by atoms with Crippen LogP contribution in [0.4, 0.5) is 17.2 Å². The Kier molecular flexibility index (Phi) is 6.29. The van der Waals surface area contributed by atoms with Gasteiger partial charge in [0.15, 0.2) is 5.65 Å². The number of fused-ring (bicyclic) bond motifs is 1. The third-order valence-electron chi connectivity index (χ3n) is 7.72. The molecule has 2 aromatic carbocycles. The van der Waals surface area contributed by atoms with Crippen molar-refractivity contribution in [2.45, 2.75) is 25.8 Å². The molecule has 0 amide bonds. The third kappa shape index (κ3) is 4.54. The molecule has 0 bridgehead atoms. The molecule has 0 saturated carbocycles. The molecule has 2 fully saturated rings. The molecule has 6 rings (SSSR count). The number of rotatable bonds is 5. The molecule has 2 aliphatic rings. The summed E-state index contributed by atoms with van der Waals surface area (Å²) in [4.78, 5) is 16.7. The van der Waals surface area contributed by atoms with Gasteiger partial charge < -0.3 is 15.1 Å². The molecule has 0 aliphatic carbocycles. The van der Waals surface area contributed by atoms with E-state index < -0.39 is 0 Å². The zero-order chi connectivity index (χ0) is 24.5. The maximum absolute atomic E-state index is 4.70. The van der Waals surface area contributed by atoms with Crippen LogP contribution in [-0.4, -0.2) is 81.9 Å². The number of hydrogen-bond donors (Lipinski definition) is 1. The van der Waals surface area contributed by atoms with Crippen molar-refractivity contribution in [2.75, 3.05) is 56.5 Å². The lowest BCUT2D eigenvalue weighted by Gasteiger charge is -2.42. The highest BCUT2D eigenvalue weighted by atomic mass is 15.3. The molecule has 2 saturated heterocycles. The van der Waals surface area contributed by atoms with Crippen LogP contribution >= 0.6 is 0 Å². The Balaban J connectivity index is 1.20. The minimum Gasteiger partial charge on any atom is -0.371 e. The summed E-state index contributed by atoms with van der Waals surface area (Å²) < 4.78 is 1.92. The van der Waals surface area contributed by atoms with Gasteiger partial charge in [0.25, 0.3) is 0 Å². The van der Waals surface area contributed by atoms with Gasteiger partial charge in [-0.1, -0.05) is 24.3 Å². The van der Waals surface area contributed by atoms with Crippen LogP contribution in [0.25, 0.3) is 16.7 Å². The molecule has 8 nitrogen and oxygen atoms in total. The molecule has 2 aliphatic heterocycles. The molecular weight excluding hydrogens is 448 g/mol. The molecule has 8 heteroatoms. The second-order valence-electron chi connectivity index (χ2n) is 10.0. The van der Waals surface area contributed by atoms with Gasteiger partial charge in [0.2, 0.25) is 0 Å². The van der Waals surface area contributed by atoms with E-state index in [1.807, 2.05) is 23.0 Å². The smallest absolute Gasteiger partial charge is 0.168 e. The third-order valence-corrected chi connectivity index (χ3v) is 7.72. The Morgan fingerprint density at radius 1 is 0.861 bits per heavy atom. The molecule has 0 spiro atoms. The number of hydrogen-bond acceptors (Lipinski definition) is 7. The van der Waals surface area contributed by atoms with Crippen LogP contribution in [0.3, 0.4) is 0 Å². The monoisotopic (exact) mass is 482 g/mol. The van der Waals surface area contributed by atoms with Crippen molar-refractivity contribution in [3.05, 3.63) is 66.6 Å². The standard InChI is InChI=1S/C28H34N8/c1-21-6-3-4-9-26(21)32-27-25-19-31-36(28(25)30-20-29-27)24-8-5-7-23(18-24)34-12-10-22(11-13-34)35-16-14-33(2)15-17-35/h3-9,18-20,22H,10-17H2,1-2H3,(H,29,30,32). The second-order valence-corrected chi connectivity index (χ2v) is 10.0. The van der Waals surface area contributed by atoms with Gasteiger partial charge in [0, 0.05) is 56.7 Å². The number of para-hydroxylation sites is 1. The highest BCUT2D eigenvalue weighted by molar-refractivity contribution is 5.89. The Morgan fingerprint density at radius 3 is 2.44 bits per heavy atom. The molecule has 0 atom stereocenters. The molecule has 1 N–H and O–H groups in total. The lowest BCUT2D eigenvalue weighted by atomic mass is 10.0.